The quantitative estimate of drug-likeness (QED) is 0.693. The number of aryl methyl sites for hydroxylation is 1. The summed E-state index contributed by atoms with van der Waals surface area (Å²) in [6.45, 7) is 2.86. The van der Waals surface area contributed by atoms with Gasteiger partial charge in [-0.3, -0.25) is 0 Å². The third kappa shape index (κ3) is 2.10. The molecule has 0 fully saturated rings. The zero-order chi connectivity index (χ0) is 13.9. The lowest BCUT2D eigenvalue weighted by atomic mass is 10.1. The van der Waals surface area contributed by atoms with Gasteiger partial charge in [0.1, 0.15) is 0 Å². The Hall–Kier alpha value is -2.47. The lowest BCUT2D eigenvalue weighted by molar-refractivity contribution is 1.08. The molecule has 1 aromatic heterocycles. The van der Waals surface area contributed by atoms with Crippen molar-refractivity contribution in [2.24, 2.45) is 0 Å². The van der Waals surface area contributed by atoms with Crippen LogP contribution in [-0.4, -0.2) is 11.5 Å². The van der Waals surface area contributed by atoms with Crippen LogP contribution in [0.1, 0.15) is 18.9 Å². The molecule has 3 rings (SSSR count). The molecule has 0 amide bonds. The van der Waals surface area contributed by atoms with E-state index in [1.807, 2.05) is 0 Å². The Balaban J connectivity index is 2.07. The van der Waals surface area contributed by atoms with Crippen LogP contribution in [0.2, 0.25) is 0 Å². The van der Waals surface area contributed by atoms with E-state index in [1.165, 1.54) is 21.9 Å². The van der Waals surface area contributed by atoms with E-state index in [2.05, 4.69) is 59.7 Å². The Morgan fingerprint density at radius 2 is 2.10 bits per heavy atom. The number of rotatable bonds is 4. The highest BCUT2D eigenvalue weighted by Gasteiger charge is 2.07. The normalized spacial score (nSPS) is 10.8. The molecular weight excluding hydrogens is 246 g/mol. The maximum Gasteiger partial charge on any atom is 0.0640 e. The number of fused-ring (bicyclic) bond motifs is 3. The second-order valence-electron chi connectivity index (χ2n) is 4.91. The molecule has 3 aromatic rings. The molecule has 0 saturated carbocycles. The number of para-hydroxylation sites is 1. The van der Waals surface area contributed by atoms with E-state index >= 15 is 0 Å². The second kappa shape index (κ2) is 5.26. The van der Waals surface area contributed by atoms with Crippen LogP contribution in [0.15, 0.2) is 36.4 Å². The number of benzene rings is 2. The molecule has 1 heterocycles. The van der Waals surface area contributed by atoms with Crippen molar-refractivity contribution in [3.05, 3.63) is 42.0 Å². The molecule has 0 spiro atoms. The fourth-order valence-electron chi connectivity index (χ4n) is 2.66. The van der Waals surface area contributed by atoms with Crippen molar-refractivity contribution in [2.75, 3.05) is 11.9 Å². The minimum Gasteiger partial charge on any atom is -0.384 e. The maximum atomic E-state index is 8.57. The topological polar surface area (TPSA) is 51.6 Å². The lowest BCUT2D eigenvalue weighted by Crippen LogP contribution is -1.99. The fourth-order valence-corrected chi connectivity index (χ4v) is 2.66. The zero-order valence-electron chi connectivity index (χ0n) is 11.5. The number of nitriles is 1. The molecule has 100 valence electrons. The van der Waals surface area contributed by atoms with Crippen molar-refractivity contribution in [1.29, 1.82) is 5.26 Å². The van der Waals surface area contributed by atoms with Crippen LogP contribution < -0.4 is 5.32 Å². The van der Waals surface area contributed by atoms with Gasteiger partial charge < -0.3 is 10.3 Å². The van der Waals surface area contributed by atoms with Crippen molar-refractivity contribution in [3.8, 4) is 6.07 Å². The molecule has 0 aliphatic rings. The predicted octanol–water partition coefficient (Wildman–Crippen LogP) is 4.21. The summed E-state index contributed by atoms with van der Waals surface area (Å²) in [5.41, 5.74) is 4.78. The fraction of sp³-hybridized carbons (Fsp3) is 0.235. The summed E-state index contributed by atoms with van der Waals surface area (Å²) in [7, 11) is 0. The third-order valence-electron chi connectivity index (χ3n) is 3.67. The molecule has 0 aliphatic heterocycles. The van der Waals surface area contributed by atoms with Crippen LogP contribution in [0.25, 0.3) is 21.8 Å². The van der Waals surface area contributed by atoms with Crippen LogP contribution in [0.5, 0.6) is 0 Å². The Bertz CT molecular complexity index is 793. The second-order valence-corrected chi connectivity index (χ2v) is 4.91. The first-order chi connectivity index (χ1) is 9.83. The highest BCUT2D eigenvalue weighted by molar-refractivity contribution is 6.08. The Morgan fingerprint density at radius 1 is 1.20 bits per heavy atom. The van der Waals surface area contributed by atoms with Crippen molar-refractivity contribution in [3.63, 3.8) is 0 Å². The third-order valence-corrected chi connectivity index (χ3v) is 3.67. The first kappa shape index (κ1) is 12.6. The monoisotopic (exact) mass is 263 g/mol. The summed E-state index contributed by atoms with van der Waals surface area (Å²) in [4.78, 5) is 3.52. The number of H-pyrrole nitrogens is 1. The van der Waals surface area contributed by atoms with Crippen LogP contribution >= 0.6 is 0 Å². The molecule has 20 heavy (non-hydrogen) atoms. The first-order valence-corrected chi connectivity index (χ1v) is 6.97. The number of nitrogens with zero attached hydrogens (tertiary/aromatic N) is 1. The van der Waals surface area contributed by atoms with E-state index < -0.39 is 0 Å². The Morgan fingerprint density at radius 3 is 2.90 bits per heavy atom. The van der Waals surface area contributed by atoms with Gasteiger partial charge in [0, 0.05) is 34.0 Å². The summed E-state index contributed by atoms with van der Waals surface area (Å²) >= 11 is 0. The summed E-state index contributed by atoms with van der Waals surface area (Å²) in [6, 6.07) is 14.9. The number of hydrogen-bond acceptors (Lipinski definition) is 2. The van der Waals surface area contributed by atoms with E-state index in [4.69, 9.17) is 5.26 Å². The summed E-state index contributed by atoms with van der Waals surface area (Å²) < 4.78 is 0. The van der Waals surface area contributed by atoms with Crippen LogP contribution in [0.4, 0.5) is 5.69 Å². The lowest BCUT2D eigenvalue weighted by Gasteiger charge is -2.03. The van der Waals surface area contributed by atoms with Gasteiger partial charge >= 0.3 is 0 Å². The maximum absolute atomic E-state index is 8.57. The summed E-state index contributed by atoms with van der Waals surface area (Å²) in [5, 5.41) is 14.4. The van der Waals surface area contributed by atoms with E-state index in [9.17, 15) is 0 Å². The van der Waals surface area contributed by atoms with Crippen molar-refractivity contribution in [1.82, 2.24) is 4.98 Å². The van der Waals surface area contributed by atoms with Gasteiger partial charge in [-0.25, -0.2) is 0 Å². The molecule has 2 N–H and O–H groups in total. The smallest absolute Gasteiger partial charge is 0.0640 e. The van der Waals surface area contributed by atoms with Gasteiger partial charge in [-0.1, -0.05) is 31.2 Å². The summed E-state index contributed by atoms with van der Waals surface area (Å²) in [5.74, 6) is 0. The minimum absolute atomic E-state index is 0.519. The van der Waals surface area contributed by atoms with E-state index in [1.54, 1.807) is 0 Å². The molecule has 0 saturated heterocycles. The van der Waals surface area contributed by atoms with E-state index in [0.29, 0.717) is 13.0 Å². The number of aromatic nitrogens is 1. The standard InChI is InChI=1S/C17H17N3/c1-2-12-5-3-6-15-14-8-7-13(19-10-4-9-18)11-16(14)20-17(12)15/h3,5-8,11,19-20H,2,4,10H2,1H3. The van der Waals surface area contributed by atoms with E-state index in [-0.39, 0.29) is 0 Å². The average Bonchev–Trinajstić information content (AvgIpc) is 2.85. The van der Waals surface area contributed by atoms with Gasteiger partial charge in [-0.2, -0.15) is 5.26 Å². The van der Waals surface area contributed by atoms with E-state index in [0.717, 1.165) is 17.6 Å². The zero-order valence-corrected chi connectivity index (χ0v) is 11.5. The van der Waals surface area contributed by atoms with Gasteiger partial charge in [0.25, 0.3) is 0 Å². The molecular formula is C17H17N3. The highest BCUT2D eigenvalue weighted by Crippen LogP contribution is 2.29. The van der Waals surface area contributed by atoms with Crippen molar-refractivity contribution >= 4 is 27.5 Å². The van der Waals surface area contributed by atoms with Crippen LogP contribution in [-0.2, 0) is 6.42 Å². The molecule has 0 atom stereocenters. The Kier molecular flexibility index (Phi) is 3.30. The van der Waals surface area contributed by atoms with Crippen LogP contribution in [0, 0.1) is 11.3 Å². The molecule has 0 radical (unpaired) electrons. The predicted molar refractivity (Wildman–Crippen MR) is 83.9 cm³/mol. The van der Waals surface area contributed by atoms with Gasteiger partial charge in [0.15, 0.2) is 0 Å². The number of anilines is 1. The van der Waals surface area contributed by atoms with Gasteiger partial charge in [0.2, 0.25) is 0 Å². The average molecular weight is 263 g/mol. The molecule has 0 bridgehead atoms. The molecule has 2 aromatic carbocycles. The number of nitrogens with one attached hydrogen (secondary N) is 2. The van der Waals surface area contributed by atoms with Gasteiger partial charge in [-0.15, -0.1) is 0 Å². The van der Waals surface area contributed by atoms with Crippen molar-refractivity contribution < 1.29 is 0 Å². The molecule has 3 heteroatoms. The number of aromatic amines is 1. The van der Waals surface area contributed by atoms with Gasteiger partial charge in [-0.05, 0) is 24.1 Å². The molecule has 0 unspecified atom stereocenters. The molecule has 0 aliphatic carbocycles. The van der Waals surface area contributed by atoms with Crippen LogP contribution in [0.3, 0.4) is 0 Å². The van der Waals surface area contributed by atoms with Gasteiger partial charge in [0.05, 0.1) is 12.5 Å². The molecule has 3 nitrogen and oxygen atoms in total. The number of hydrogen-bond donors (Lipinski definition) is 2. The largest absolute Gasteiger partial charge is 0.384 e. The minimum atomic E-state index is 0.519. The first-order valence-electron chi connectivity index (χ1n) is 6.97. The Labute approximate surface area is 118 Å². The summed E-state index contributed by atoms with van der Waals surface area (Å²) in [6.07, 6.45) is 1.54. The van der Waals surface area contributed by atoms with Crippen molar-refractivity contribution in [2.45, 2.75) is 19.8 Å². The SMILES string of the molecule is CCc1cccc2c1[nH]c1cc(NCCC#N)ccc12. The highest BCUT2D eigenvalue weighted by atomic mass is 14.9.